The van der Waals surface area contributed by atoms with Gasteiger partial charge >= 0.3 is 0 Å². The van der Waals surface area contributed by atoms with Gasteiger partial charge in [-0.3, -0.25) is 0 Å². The van der Waals surface area contributed by atoms with Crippen molar-refractivity contribution in [2.45, 2.75) is 31.8 Å². The Bertz CT molecular complexity index is 560. The van der Waals surface area contributed by atoms with Crippen LogP contribution in [0.5, 0.6) is 0 Å². The zero-order valence-corrected chi connectivity index (χ0v) is 12.6. The first-order chi connectivity index (χ1) is 10.8. The number of nitrogens with one attached hydrogen (secondary N) is 1. The summed E-state index contributed by atoms with van der Waals surface area (Å²) in [6.45, 7) is 1.79. The average Bonchev–Trinajstić information content (AvgIpc) is 2.58. The van der Waals surface area contributed by atoms with Crippen molar-refractivity contribution in [1.82, 2.24) is 5.32 Å². The molecule has 3 rings (SSSR count). The summed E-state index contributed by atoms with van der Waals surface area (Å²) in [4.78, 5) is 0. The maximum absolute atomic E-state index is 14.1. The van der Waals surface area contributed by atoms with Crippen molar-refractivity contribution in [2.75, 3.05) is 6.61 Å². The van der Waals surface area contributed by atoms with Crippen LogP contribution in [0.25, 0.3) is 0 Å². The number of ether oxygens (including phenoxy) is 1. The van der Waals surface area contributed by atoms with Crippen LogP contribution in [-0.2, 0) is 17.9 Å². The van der Waals surface area contributed by atoms with Crippen LogP contribution < -0.4 is 5.32 Å². The van der Waals surface area contributed by atoms with E-state index >= 15 is 0 Å². The van der Waals surface area contributed by atoms with Crippen LogP contribution in [0.3, 0.4) is 0 Å². The van der Waals surface area contributed by atoms with Crippen molar-refractivity contribution >= 4 is 0 Å². The number of hydrogen-bond donors (Lipinski definition) is 1. The molecule has 0 radical (unpaired) electrons. The van der Waals surface area contributed by atoms with Crippen LogP contribution in [0.15, 0.2) is 60.7 Å². The van der Waals surface area contributed by atoms with Gasteiger partial charge in [0.25, 0.3) is 0 Å². The van der Waals surface area contributed by atoms with E-state index in [1.165, 1.54) is 5.56 Å². The summed E-state index contributed by atoms with van der Waals surface area (Å²) < 4.78 is 19.8. The summed E-state index contributed by atoms with van der Waals surface area (Å²) >= 11 is 0. The fourth-order valence-electron chi connectivity index (χ4n) is 2.82. The number of rotatable bonds is 7. The molecule has 0 spiro atoms. The van der Waals surface area contributed by atoms with Crippen LogP contribution in [-0.4, -0.2) is 18.8 Å². The van der Waals surface area contributed by atoms with Gasteiger partial charge < -0.3 is 10.1 Å². The van der Waals surface area contributed by atoms with Gasteiger partial charge in [0.15, 0.2) is 0 Å². The van der Waals surface area contributed by atoms with Crippen molar-refractivity contribution in [2.24, 2.45) is 5.92 Å². The lowest BCUT2D eigenvalue weighted by atomic mass is 9.78. The minimum atomic E-state index is -0.806. The van der Waals surface area contributed by atoms with Crippen LogP contribution >= 0.6 is 0 Å². The largest absolute Gasteiger partial charge is 0.376 e. The molecule has 0 aromatic heterocycles. The van der Waals surface area contributed by atoms with Crippen LogP contribution in [0.1, 0.15) is 17.5 Å². The second-order valence-electron chi connectivity index (χ2n) is 5.91. The molecule has 3 atom stereocenters. The number of benzene rings is 2. The topological polar surface area (TPSA) is 21.3 Å². The van der Waals surface area contributed by atoms with Gasteiger partial charge in [0.05, 0.1) is 13.2 Å². The predicted octanol–water partition coefficient (Wildman–Crippen LogP) is 3.72. The van der Waals surface area contributed by atoms with E-state index in [9.17, 15) is 4.39 Å². The number of hydrogen-bond acceptors (Lipinski definition) is 2. The minimum absolute atomic E-state index is 0.0250. The third-order valence-electron chi connectivity index (χ3n) is 4.25. The monoisotopic (exact) mass is 299 g/mol. The Hall–Kier alpha value is -1.71. The Kier molecular flexibility index (Phi) is 5.20. The van der Waals surface area contributed by atoms with E-state index in [0.29, 0.717) is 13.2 Å². The lowest BCUT2D eigenvalue weighted by Crippen LogP contribution is -2.53. The highest BCUT2D eigenvalue weighted by Crippen LogP contribution is 2.31. The second-order valence-corrected chi connectivity index (χ2v) is 5.91. The molecule has 2 aromatic carbocycles. The lowest BCUT2D eigenvalue weighted by molar-refractivity contribution is -0.0179. The van der Waals surface area contributed by atoms with Crippen molar-refractivity contribution in [3.05, 3.63) is 71.8 Å². The van der Waals surface area contributed by atoms with Gasteiger partial charge in [-0.2, -0.15) is 0 Å². The lowest BCUT2D eigenvalue weighted by Gasteiger charge is -2.40. The molecular formula is C19H22FNO. The van der Waals surface area contributed by atoms with Crippen molar-refractivity contribution in [1.29, 1.82) is 0 Å². The zero-order valence-electron chi connectivity index (χ0n) is 12.6. The van der Waals surface area contributed by atoms with E-state index in [1.54, 1.807) is 0 Å². The maximum atomic E-state index is 14.1. The molecule has 1 aliphatic rings. The molecule has 2 nitrogen and oxygen atoms in total. The molecule has 0 heterocycles. The molecule has 0 aliphatic heterocycles. The zero-order chi connectivity index (χ0) is 15.2. The molecule has 22 heavy (non-hydrogen) atoms. The van der Waals surface area contributed by atoms with Gasteiger partial charge in [-0.05, 0) is 17.5 Å². The molecule has 0 amide bonds. The van der Waals surface area contributed by atoms with E-state index in [0.717, 1.165) is 18.5 Å². The molecule has 0 saturated heterocycles. The number of alkyl halides is 1. The Labute approximate surface area is 131 Å². The first-order valence-electron chi connectivity index (χ1n) is 7.86. The molecule has 1 N–H and O–H groups in total. The standard InChI is InChI=1S/C19H22FNO/c20-19-17(14-22-13-16-9-5-2-6-10-16)11-18(19)21-12-15-7-3-1-4-8-15/h1-10,17-19,21H,11-14H2. The molecule has 1 saturated carbocycles. The Morgan fingerprint density at radius 3 is 2.23 bits per heavy atom. The SMILES string of the molecule is FC1C(COCc2ccccc2)CC1NCc1ccccc1. The highest BCUT2D eigenvalue weighted by Gasteiger charge is 2.41. The quantitative estimate of drug-likeness (QED) is 0.841. The highest BCUT2D eigenvalue weighted by atomic mass is 19.1. The van der Waals surface area contributed by atoms with Crippen LogP contribution in [0, 0.1) is 5.92 Å². The van der Waals surface area contributed by atoms with Crippen molar-refractivity contribution in [3.8, 4) is 0 Å². The minimum Gasteiger partial charge on any atom is -0.376 e. The summed E-state index contributed by atoms with van der Waals surface area (Å²) in [5.41, 5.74) is 2.33. The third-order valence-corrected chi connectivity index (χ3v) is 4.25. The Morgan fingerprint density at radius 2 is 1.59 bits per heavy atom. The normalized spacial score (nSPS) is 24.0. The van der Waals surface area contributed by atoms with E-state index in [-0.39, 0.29) is 12.0 Å². The average molecular weight is 299 g/mol. The molecule has 1 fully saturated rings. The number of halogens is 1. The van der Waals surface area contributed by atoms with Crippen molar-refractivity contribution < 1.29 is 9.13 Å². The first kappa shape index (κ1) is 15.2. The molecular weight excluding hydrogens is 277 g/mol. The fourth-order valence-corrected chi connectivity index (χ4v) is 2.82. The molecule has 3 heteroatoms. The Morgan fingerprint density at radius 1 is 0.955 bits per heavy atom. The summed E-state index contributed by atoms with van der Waals surface area (Å²) in [6.07, 6.45) is 0.0440. The summed E-state index contributed by atoms with van der Waals surface area (Å²) in [6, 6.07) is 20.1. The smallest absolute Gasteiger partial charge is 0.120 e. The highest BCUT2D eigenvalue weighted by molar-refractivity contribution is 5.15. The first-order valence-corrected chi connectivity index (χ1v) is 7.86. The summed E-state index contributed by atoms with van der Waals surface area (Å²) in [7, 11) is 0. The van der Waals surface area contributed by atoms with Gasteiger partial charge in [0, 0.05) is 18.5 Å². The van der Waals surface area contributed by atoms with Gasteiger partial charge in [0.1, 0.15) is 6.17 Å². The summed E-state index contributed by atoms with van der Waals surface area (Å²) in [5.74, 6) is 0.0250. The molecule has 2 aromatic rings. The molecule has 0 bridgehead atoms. The van der Waals surface area contributed by atoms with Crippen LogP contribution in [0.2, 0.25) is 0 Å². The van der Waals surface area contributed by atoms with Gasteiger partial charge in [-0.25, -0.2) is 4.39 Å². The van der Waals surface area contributed by atoms with Crippen LogP contribution in [0.4, 0.5) is 4.39 Å². The van der Waals surface area contributed by atoms with E-state index in [2.05, 4.69) is 17.4 Å². The maximum Gasteiger partial charge on any atom is 0.120 e. The molecule has 1 aliphatic carbocycles. The van der Waals surface area contributed by atoms with E-state index < -0.39 is 6.17 Å². The second kappa shape index (κ2) is 7.52. The van der Waals surface area contributed by atoms with Gasteiger partial charge in [0.2, 0.25) is 0 Å². The van der Waals surface area contributed by atoms with E-state index in [1.807, 2.05) is 48.5 Å². The fraction of sp³-hybridized carbons (Fsp3) is 0.368. The molecule has 3 unspecified atom stereocenters. The van der Waals surface area contributed by atoms with Crippen molar-refractivity contribution in [3.63, 3.8) is 0 Å². The predicted molar refractivity (Wildman–Crippen MR) is 86.2 cm³/mol. The van der Waals surface area contributed by atoms with Gasteiger partial charge in [-0.15, -0.1) is 0 Å². The third kappa shape index (κ3) is 3.93. The molecule has 116 valence electrons. The van der Waals surface area contributed by atoms with Gasteiger partial charge in [-0.1, -0.05) is 60.7 Å². The Balaban J connectivity index is 1.34. The van der Waals surface area contributed by atoms with E-state index in [4.69, 9.17) is 4.74 Å². The summed E-state index contributed by atoms with van der Waals surface area (Å²) in [5, 5.41) is 3.29.